The highest BCUT2D eigenvalue weighted by Crippen LogP contribution is 2.26. The largest absolute Gasteiger partial charge is 0.334 e. The van der Waals surface area contributed by atoms with E-state index >= 15 is 0 Å². The van der Waals surface area contributed by atoms with Gasteiger partial charge in [0.25, 0.3) is 5.91 Å². The van der Waals surface area contributed by atoms with Gasteiger partial charge in [0.05, 0.1) is 0 Å². The van der Waals surface area contributed by atoms with Crippen molar-refractivity contribution in [1.29, 1.82) is 0 Å². The first kappa shape index (κ1) is 20.1. The standard InChI is InChI=1S/C23H32N2OS/c1-18-15-20-17-25(23(26)22(20)16-19(18)2)13-8-12-24(3)11-6-4-5-9-21-10-7-14-27-21/h7,10,14-16H,4-6,8-9,11-13,17H2,1-3H3. The molecule has 27 heavy (non-hydrogen) atoms. The Morgan fingerprint density at radius 3 is 2.63 bits per heavy atom. The molecule has 0 saturated carbocycles. The van der Waals surface area contributed by atoms with Crippen LogP contribution in [-0.2, 0) is 13.0 Å². The van der Waals surface area contributed by atoms with Crippen LogP contribution in [0.3, 0.4) is 0 Å². The van der Waals surface area contributed by atoms with Gasteiger partial charge in [-0.3, -0.25) is 4.79 Å². The van der Waals surface area contributed by atoms with E-state index in [-0.39, 0.29) is 5.91 Å². The lowest BCUT2D eigenvalue weighted by atomic mass is 10.0. The van der Waals surface area contributed by atoms with Crippen LogP contribution in [0.2, 0.25) is 0 Å². The Balaban J connectivity index is 1.31. The van der Waals surface area contributed by atoms with Gasteiger partial charge in [-0.2, -0.15) is 0 Å². The van der Waals surface area contributed by atoms with Crippen LogP contribution < -0.4 is 0 Å². The van der Waals surface area contributed by atoms with Gasteiger partial charge in [-0.05, 0) is 93.9 Å². The zero-order chi connectivity index (χ0) is 19.2. The molecule has 0 bridgehead atoms. The first-order valence-corrected chi connectivity index (χ1v) is 11.0. The van der Waals surface area contributed by atoms with Crippen LogP contribution in [0.1, 0.15) is 57.6 Å². The lowest BCUT2D eigenvalue weighted by molar-refractivity contribution is 0.0772. The third kappa shape index (κ3) is 5.43. The highest BCUT2D eigenvalue weighted by molar-refractivity contribution is 7.09. The van der Waals surface area contributed by atoms with E-state index < -0.39 is 0 Å². The molecular formula is C23H32N2OS. The smallest absolute Gasteiger partial charge is 0.254 e. The number of fused-ring (bicyclic) bond motifs is 1. The van der Waals surface area contributed by atoms with Gasteiger partial charge < -0.3 is 9.80 Å². The minimum absolute atomic E-state index is 0.212. The maximum absolute atomic E-state index is 12.6. The number of nitrogens with zero attached hydrogens (tertiary/aromatic N) is 2. The van der Waals surface area contributed by atoms with Crippen molar-refractivity contribution in [1.82, 2.24) is 9.80 Å². The summed E-state index contributed by atoms with van der Waals surface area (Å²) in [5.74, 6) is 0.212. The first-order valence-electron chi connectivity index (χ1n) is 10.1. The molecule has 146 valence electrons. The Bertz CT molecular complexity index is 754. The Labute approximate surface area is 168 Å². The summed E-state index contributed by atoms with van der Waals surface area (Å²) in [5, 5.41) is 2.16. The number of rotatable bonds is 10. The third-order valence-electron chi connectivity index (χ3n) is 5.61. The second-order valence-electron chi connectivity index (χ2n) is 7.87. The molecule has 1 amide bonds. The fraction of sp³-hybridized carbons (Fsp3) is 0.522. The molecule has 3 rings (SSSR count). The fourth-order valence-electron chi connectivity index (χ4n) is 3.79. The SMILES string of the molecule is Cc1cc2c(cc1C)C(=O)N(CCCN(C)CCCCCc1cccs1)C2. The molecule has 0 unspecified atom stereocenters. The van der Waals surface area contributed by atoms with Crippen molar-refractivity contribution in [3.63, 3.8) is 0 Å². The van der Waals surface area contributed by atoms with E-state index in [1.54, 1.807) is 0 Å². The number of carbonyl (C=O) groups excluding carboxylic acids is 1. The Kier molecular flexibility index (Phi) is 7.08. The maximum Gasteiger partial charge on any atom is 0.254 e. The van der Waals surface area contributed by atoms with Crippen LogP contribution in [0.15, 0.2) is 29.6 Å². The monoisotopic (exact) mass is 384 g/mol. The van der Waals surface area contributed by atoms with Crippen LogP contribution in [-0.4, -0.2) is 42.4 Å². The van der Waals surface area contributed by atoms with Gasteiger partial charge in [0.1, 0.15) is 0 Å². The molecule has 4 heteroatoms. The average Bonchev–Trinajstić information content (AvgIpc) is 3.25. The van der Waals surface area contributed by atoms with Crippen LogP contribution >= 0.6 is 11.3 Å². The normalized spacial score (nSPS) is 13.6. The summed E-state index contributed by atoms with van der Waals surface area (Å²) in [7, 11) is 2.20. The number of amides is 1. The van der Waals surface area contributed by atoms with Gasteiger partial charge in [0.2, 0.25) is 0 Å². The fourth-order valence-corrected chi connectivity index (χ4v) is 4.54. The molecule has 0 spiro atoms. The molecule has 1 aromatic heterocycles. The molecule has 1 aliphatic rings. The number of benzene rings is 1. The van der Waals surface area contributed by atoms with E-state index in [1.807, 2.05) is 16.2 Å². The van der Waals surface area contributed by atoms with Gasteiger partial charge in [-0.15, -0.1) is 11.3 Å². The number of thiophene rings is 1. The predicted octanol–water partition coefficient (Wildman–Crippen LogP) is 5.06. The molecular weight excluding hydrogens is 352 g/mol. The summed E-state index contributed by atoms with van der Waals surface area (Å²) in [4.78, 5) is 18.5. The molecule has 0 fully saturated rings. The van der Waals surface area contributed by atoms with Gasteiger partial charge in [0, 0.05) is 23.5 Å². The third-order valence-corrected chi connectivity index (χ3v) is 6.55. The Morgan fingerprint density at radius 1 is 1.07 bits per heavy atom. The van der Waals surface area contributed by atoms with Crippen molar-refractivity contribution in [3.8, 4) is 0 Å². The average molecular weight is 385 g/mol. The number of unbranched alkanes of at least 4 members (excludes halogenated alkanes) is 2. The summed E-state index contributed by atoms with van der Waals surface area (Å²) in [6, 6.07) is 8.62. The van der Waals surface area contributed by atoms with Gasteiger partial charge in [-0.1, -0.05) is 18.6 Å². The van der Waals surface area contributed by atoms with Crippen molar-refractivity contribution < 1.29 is 4.79 Å². The highest BCUT2D eigenvalue weighted by atomic mass is 32.1. The van der Waals surface area contributed by atoms with Crippen molar-refractivity contribution in [2.45, 2.75) is 52.5 Å². The minimum Gasteiger partial charge on any atom is -0.334 e. The van der Waals surface area contributed by atoms with Crippen molar-refractivity contribution in [3.05, 3.63) is 56.8 Å². The summed E-state index contributed by atoms with van der Waals surface area (Å²) >= 11 is 1.86. The van der Waals surface area contributed by atoms with Gasteiger partial charge >= 0.3 is 0 Å². The molecule has 0 aliphatic carbocycles. The summed E-state index contributed by atoms with van der Waals surface area (Å²) in [6.45, 7) is 8.05. The van der Waals surface area contributed by atoms with Gasteiger partial charge in [-0.25, -0.2) is 0 Å². The number of hydrogen-bond acceptors (Lipinski definition) is 3. The lowest BCUT2D eigenvalue weighted by Gasteiger charge is -2.20. The first-order chi connectivity index (χ1) is 13.0. The maximum atomic E-state index is 12.6. The Hall–Kier alpha value is -1.65. The van der Waals surface area contributed by atoms with E-state index in [9.17, 15) is 4.79 Å². The van der Waals surface area contributed by atoms with Crippen LogP contribution in [0, 0.1) is 13.8 Å². The van der Waals surface area contributed by atoms with E-state index in [0.29, 0.717) is 0 Å². The molecule has 1 aromatic carbocycles. The second kappa shape index (κ2) is 9.52. The van der Waals surface area contributed by atoms with Crippen LogP contribution in [0.4, 0.5) is 0 Å². The van der Waals surface area contributed by atoms with Gasteiger partial charge in [0.15, 0.2) is 0 Å². The van der Waals surface area contributed by atoms with E-state index in [0.717, 1.165) is 38.2 Å². The number of aryl methyl sites for hydroxylation is 3. The molecule has 2 heterocycles. The topological polar surface area (TPSA) is 23.6 Å². The zero-order valence-corrected chi connectivity index (χ0v) is 17.8. The van der Waals surface area contributed by atoms with Crippen molar-refractivity contribution in [2.75, 3.05) is 26.7 Å². The summed E-state index contributed by atoms with van der Waals surface area (Å²) < 4.78 is 0. The molecule has 0 radical (unpaired) electrons. The van der Waals surface area contributed by atoms with Crippen LogP contribution in [0.5, 0.6) is 0 Å². The Morgan fingerprint density at radius 2 is 1.85 bits per heavy atom. The summed E-state index contributed by atoms with van der Waals surface area (Å²) in [6.07, 6.45) is 6.10. The molecule has 0 saturated heterocycles. The molecule has 1 aliphatic heterocycles. The number of carbonyl (C=O) groups is 1. The zero-order valence-electron chi connectivity index (χ0n) is 17.0. The van der Waals surface area contributed by atoms with E-state index in [1.165, 1.54) is 47.3 Å². The van der Waals surface area contributed by atoms with Crippen molar-refractivity contribution >= 4 is 17.2 Å². The molecule has 0 atom stereocenters. The highest BCUT2D eigenvalue weighted by Gasteiger charge is 2.27. The lowest BCUT2D eigenvalue weighted by Crippen LogP contribution is -2.29. The van der Waals surface area contributed by atoms with Crippen LogP contribution in [0.25, 0.3) is 0 Å². The summed E-state index contributed by atoms with van der Waals surface area (Å²) in [5.41, 5.74) is 4.60. The van der Waals surface area contributed by atoms with E-state index in [2.05, 4.69) is 55.4 Å². The molecule has 2 aromatic rings. The minimum atomic E-state index is 0.212. The molecule has 0 N–H and O–H groups in total. The van der Waals surface area contributed by atoms with E-state index in [4.69, 9.17) is 0 Å². The quantitative estimate of drug-likeness (QED) is 0.535. The number of hydrogen-bond donors (Lipinski definition) is 0. The predicted molar refractivity (Wildman–Crippen MR) is 115 cm³/mol. The molecule has 3 nitrogen and oxygen atoms in total. The van der Waals surface area contributed by atoms with Crippen molar-refractivity contribution in [2.24, 2.45) is 0 Å². The second-order valence-corrected chi connectivity index (χ2v) is 8.90.